The summed E-state index contributed by atoms with van der Waals surface area (Å²) >= 11 is 0. The number of hydrogen-bond donors (Lipinski definition) is 1. The van der Waals surface area contributed by atoms with Crippen LogP contribution in [0, 0.1) is 5.92 Å². The van der Waals surface area contributed by atoms with E-state index in [9.17, 15) is 0 Å². The van der Waals surface area contributed by atoms with Crippen LogP contribution in [0.15, 0.2) is 36.5 Å². The quantitative estimate of drug-likeness (QED) is 0.926. The smallest absolute Gasteiger partial charge is 0.126 e. The van der Waals surface area contributed by atoms with Crippen molar-refractivity contribution in [3.63, 3.8) is 0 Å². The van der Waals surface area contributed by atoms with Gasteiger partial charge < -0.3 is 5.32 Å². The molecule has 20 heavy (non-hydrogen) atoms. The van der Waals surface area contributed by atoms with E-state index in [4.69, 9.17) is 0 Å². The molecule has 3 heterocycles. The predicted octanol–water partition coefficient (Wildman–Crippen LogP) is 3.13. The Kier molecular flexibility index (Phi) is 2.88. The van der Waals surface area contributed by atoms with Crippen molar-refractivity contribution in [2.45, 2.75) is 31.3 Å². The lowest BCUT2D eigenvalue weighted by Crippen LogP contribution is -2.56. The molecular weight excluding hydrogens is 246 g/mol. The summed E-state index contributed by atoms with van der Waals surface area (Å²) in [7, 11) is 2.28. The average molecular weight is 267 g/mol. The molecule has 1 N–H and O–H groups in total. The fraction of sp³-hybridized carbons (Fsp3) is 0.471. The summed E-state index contributed by atoms with van der Waals surface area (Å²) in [5.41, 5.74) is 0. The van der Waals surface area contributed by atoms with E-state index in [0.29, 0.717) is 6.04 Å². The van der Waals surface area contributed by atoms with Gasteiger partial charge in [-0.1, -0.05) is 24.3 Å². The van der Waals surface area contributed by atoms with Crippen LogP contribution in [-0.4, -0.2) is 35.6 Å². The van der Waals surface area contributed by atoms with E-state index >= 15 is 0 Å². The van der Waals surface area contributed by atoms with Crippen molar-refractivity contribution < 1.29 is 0 Å². The number of likely N-dealkylation sites (N-methyl/N-ethyl adjacent to an activating group) is 1. The highest BCUT2D eigenvalue weighted by Gasteiger charge is 2.41. The highest BCUT2D eigenvalue weighted by Crippen LogP contribution is 2.41. The molecule has 2 saturated heterocycles. The van der Waals surface area contributed by atoms with Crippen LogP contribution in [-0.2, 0) is 0 Å². The second-order valence-electron chi connectivity index (χ2n) is 6.34. The van der Waals surface area contributed by atoms with E-state index in [-0.39, 0.29) is 0 Å². The molecule has 1 saturated carbocycles. The molecule has 2 aromatic rings. The number of pyridine rings is 1. The first-order valence-corrected chi connectivity index (χ1v) is 7.60. The van der Waals surface area contributed by atoms with Crippen LogP contribution in [0.4, 0.5) is 5.82 Å². The molecular formula is C17H21N3. The van der Waals surface area contributed by atoms with Gasteiger partial charge in [-0.05, 0) is 43.7 Å². The van der Waals surface area contributed by atoms with Gasteiger partial charge in [0.15, 0.2) is 0 Å². The second-order valence-corrected chi connectivity index (χ2v) is 6.34. The van der Waals surface area contributed by atoms with Crippen LogP contribution in [0.5, 0.6) is 0 Å². The Morgan fingerprint density at radius 1 is 1.20 bits per heavy atom. The van der Waals surface area contributed by atoms with Crippen LogP contribution in [0.3, 0.4) is 0 Å². The number of fused-ring (bicyclic) bond motifs is 3. The Balaban J connectivity index is 1.45. The number of hydrogen-bond acceptors (Lipinski definition) is 3. The van der Waals surface area contributed by atoms with Crippen molar-refractivity contribution in [2.75, 3.05) is 18.9 Å². The van der Waals surface area contributed by atoms with Gasteiger partial charge in [0, 0.05) is 30.2 Å². The second kappa shape index (κ2) is 4.74. The lowest BCUT2D eigenvalue weighted by atomic mass is 9.71. The Labute approximate surface area is 120 Å². The number of nitrogens with one attached hydrogen (secondary N) is 1. The molecule has 1 atom stereocenters. The van der Waals surface area contributed by atoms with Crippen LogP contribution >= 0.6 is 0 Å². The fourth-order valence-electron chi connectivity index (χ4n) is 3.70. The predicted molar refractivity (Wildman–Crippen MR) is 82.9 cm³/mol. The third-order valence-electron chi connectivity index (χ3n) is 5.12. The zero-order valence-corrected chi connectivity index (χ0v) is 11.9. The first kappa shape index (κ1) is 12.2. The molecule has 5 rings (SSSR count). The lowest BCUT2D eigenvalue weighted by molar-refractivity contribution is -0.00779. The molecule has 3 nitrogen and oxygen atoms in total. The molecule has 1 aromatic carbocycles. The van der Waals surface area contributed by atoms with E-state index in [1.807, 2.05) is 6.20 Å². The summed E-state index contributed by atoms with van der Waals surface area (Å²) in [5, 5.41) is 5.98. The molecule has 0 spiro atoms. The third-order valence-corrected chi connectivity index (χ3v) is 5.12. The summed E-state index contributed by atoms with van der Waals surface area (Å²) in [4.78, 5) is 7.08. The first-order chi connectivity index (χ1) is 9.79. The maximum Gasteiger partial charge on any atom is 0.126 e. The Morgan fingerprint density at radius 2 is 2.00 bits per heavy atom. The SMILES string of the molecule is CN1C(CNc2cc3ccccc3cn2)CC2CC1C2. The molecule has 2 aliphatic heterocycles. The molecule has 1 aliphatic carbocycles. The maximum absolute atomic E-state index is 4.52. The summed E-state index contributed by atoms with van der Waals surface area (Å²) in [5.74, 6) is 1.98. The van der Waals surface area contributed by atoms with E-state index in [0.717, 1.165) is 24.3 Å². The van der Waals surface area contributed by atoms with Crippen molar-refractivity contribution in [3.8, 4) is 0 Å². The highest BCUT2D eigenvalue weighted by atomic mass is 15.2. The summed E-state index contributed by atoms with van der Waals surface area (Å²) in [6, 6.07) is 12.0. The van der Waals surface area contributed by atoms with Gasteiger partial charge in [0.25, 0.3) is 0 Å². The minimum absolute atomic E-state index is 0.667. The molecule has 2 bridgehead atoms. The average Bonchev–Trinajstić information content (AvgIpc) is 2.44. The number of rotatable bonds is 3. The minimum Gasteiger partial charge on any atom is -0.368 e. The van der Waals surface area contributed by atoms with Gasteiger partial charge in [0.1, 0.15) is 5.82 Å². The molecule has 3 fully saturated rings. The van der Waals surface area contributed by atoms with E-state index in [2.05, 4.69) is 52.6 Å². The van der Waals surface area contributed by atoms with Crippen LogP contribution in [0.2, 0.25) is 0 Å². The summed E-state index contributed by atoms with van der Waals surface area (Å²) in [6.07, 6.45) is 6.13. The van der Waals surface area contributed by atoms with Gasteiger partial charge in [0.2, 0.25) is 0 Å². The van der Waals surface area contributed by atoms with E-state index in [1.165, 1.54) is 30.0 Å². The van der Waals surface area contributed by atoms with Crippen LogP contribution in [0.1, 0.15) is 19.3 Å². The monoisotopic (exact) mass is 267 g/mol. The number of nitrogens with zero attached hydrogens (tertiary/aromatic N) is 2. The molecule has 104 valence electrons. The molecule has 1 aromatic heterocycles. The lowest BCUT2D eigenvalue weighted by Gasteiger charge is -2.52. The zero-order valence-electron chi connectivity index (χ0n) is 11.9. The summed E-state index contributed by atoms with van der Waals surface area (Å²) in [6.45, 7) is 1.01. The van der Waals surface area contributed by atoms with Gasteiger partial charge in [-0.15, -0.1) is 0 Å². The normalized spacial score (nSPS) is 29.1. The van der Waals surface area contributed by atoms with Gasteiger partial charge in [0.05, 0.1) is 0 Å². The molecule has 1 unspecified atom stereocenters. The highest BCUT2D eigenvalue weighted by molar-refractivity contribution is 5.83. The Hall–Kier alpha value is -1.61. The molecule has 3 aliphatic rings. The topological polar surface area (TPSA) is 28.2 Å². The first-order valence-electron chi connectivity index (χ1n) is 7.60. The van der Waals surface area contributed by atoms with Gasteiger partial charge in [-0.3, -0.25) is 4.90 Å². The third kappa shape index (κ3) is 2.06. The number of anilines is 1. The van der Waals surface area contributed by atoms with Gasteiger partial charge in [-0.25, -0.2) is 4.98 Å². The van der Waals surface area contributed by atoms with Gasteiger partial charge in [-0.2, -0.15) is 0 Å². The minimum atomic E-state index is 0.667. The molecule has 0 amide bonds. The molecule has 0 radical (unpaired) electrons. The zero-order chi connectivity index (χ0) is 13.5. The largest absolute Gasteiger partial charge is 0.368 e. The van der Waals surface area contributed by atoms with Crippen molar-refractivity contribution in [3.05, 3.63) is 36.5 Å². The summed E-state index contributed by atoms with van der Waals surface area (Å²) < 4.78 is 0. The standard InChI is InChI=1S/C17H21N3/c1-20-15-6-12(7-15)8-16(20)11-19-17-9-13-4-2-3-5-14(13)10-18-17/h2-5,9-10,12,15-16H,6-8,11H2,1H3,(H,18,19). The number of aromatic nitrogens is 1. The van der Waals surface area contributed by atoms with E-state index < -0.39 is 0 Å². The fourth-order valence-corrected chi connectivity index (χ4v) is 3.70. The Morgan fingerprint density at radius 3 is 2.80 bits per heavy atom. The van der Waals surface area contributed by atoms with Crippen molar-refractivity contribution in [1.82, 2.24) is 9.88 Å². The van der Waals surface area contributed by atoms with Gasteiger partial charge >= 0.3 is 0 Å². The number of piperidine rings is 2. The Bertz CT molecular complexity index is 618. The van der Waals surface area contributed by atoms with E-state index in [1.54, 1.807) is 0 Å². The van der Waals surface area contributed by atoms with Crippen molar-refractivity contribution in [1.29, 1.82) is 0 Å². The maximum atomic E-state index is 4.52. The van der Waals surface area contributed by atoms with Crippen molar-refractivity contribution in [2.24, 2.45) is 5.92 Å². The number of benzene rings is 1. The molecule has 3 heteroatoms. The van der Waals surface area contributed by atoms with Crippen LogP contribution < -0.4 is 5.32 Å². The van der Waals surface area contributed by atoms with Crippen LogP contribution in [0.25, 0.3) is 10.8 Å². The van der Waals surface area contributed by atoms with Crippen molar-refractivity contribution >= 4 is 16.6 Å².